The molecule has 0 aromatic heterocycles. The van der Waals surface area contributed by atoms with Crippen molar-refractivity contribution >= 4 is 53.9 Å². The van der Waals surface area contributed by atoms with Gasteiger partial charge in [-0.2, -0.15) is 0 Å². The minimum atomic E-state index is -2.65. The molecule has 0 saturated carbocycles. The molecule has 0 bridgehead atoms. The van der Waals surface area contributed by atoms with Crippen molar-refractivity contribution in [1.29, 1.82) is 0 Å². The lowest BCUT2D eigenvalue weighted by molar-refractivity contribution is 0.405. The molecule has 0 radical (unpaired) electrons. The summed E-state index contributed by atoms with van der Waals surface area (Å²) in [5.41, 5.74) is 0. The standard InChI is InChI=1S/C6H3I2O4P/c7-4-2-1-3-5(6(4)11-8)12-13(9)10/h1-3H/p+1. The second-order valence-corrected chi connectivity index (χ2v) is 4.23. The van der Waals surface area contributed by atoms with Crippen molar-refractivity contribution in [3.05, 3.63) is 21.8 Å². The van der Waals surface area contributed by atoms with Crippen LogP contribution in [0.15, 0.2) is 18.2 Å². The normalized spacial score (nSPS) is 10.8. The van der Waals surface area contributed by atoms with Gasteiger partial charge in [0.1, 0.15) is 0 Å². The molecule has 1 atom stereocenters. The van der Waals surface area contributed by atoms with E-state index in [1.807, 2.05) is 28.7 Å². The van der Waals surface area contributed by atoms with Crippen LogP contribution in [0.25, 0.3) is 0 Å². The minimum absolute atomic E-state index is 0.268. The zero-order valence-corrected chi connectivity index (χ0v) is 11.3. The molecule has 1 aromatic rings. The molecule has 1 rings (SSSR count). The van der Waals surface area contributed by atoms with Crippen molar-refractivity contribution in [1.82, 2.24) is 0 Å². The van der Waals surface area contributed by atoms with Gasteiger partial charge in [-0.15, -0.1) is 4.89 Å². The van der Waals surface area contributed by atoms with E-state index in [2.05, 4.69) is 4.52 Å². The molecular formula is C6H4I2O4P+. The summed E-state index contributed by atoms with van der Waals surface area (Å²) in [7, 11) is -2.65. The maximum Gasteiger partial charge on any atom is 0.747 e. The molecule has 1 N–H and O–H groups in total. The average molecular weight is 425 g/mol. The van der Waals surface area contributed by atoms with Gasteiger partial charge in [-0.25, -0.2) is 4.52 Å². The summed E-state index contributed by atoms with van der Waals surface area (Å²) in [6.07, 6.45) is 0. The Balaban J connectivity index is 3.05. The van der Waals surface area contributed by atoms with Crippen LogP contribution in [0.3, 0.4) is 0 Å². The number of para-hydroxylation sites is 1. The van der Waals surface area contributed by atoms with Crippen LogP contribution < -0.4 is 7.59 Å². The molecule has 70 valence electrons. The summed E-state index contributed by atoms with van der Waals surface area (Å²) in [5.74, 6) is 0.728. The predicted molar refractivity (Wildman–Crippen MR) is 64.3 cm³/mol. The van der Waals surface area contributed by atoms with E-state index < -0.39 is 8.25 Å². The first-order chi connectivity index (χ1) is 6.15. The van der Waals surface area contributed by atoms with Crippen molar-refractivity contribution < 1.29 is 17.0 Å². The average Bonchev–Trinajstić information content (AvgIpc) is 2.03. The van der Waals surface area contributed by atoms with E-state index in [1.165, 1.54) is 0 Å². The Kier molecular flexibility index (Phi) is 4.63. The predicted octanol–water partition coefficient (Wildman–Crippen LogP) is 3.05. The molecule has 1 aromatic carbocycles. The molecule has 0 aliphatic heterocycles. The van der Waals surface area contributed by atoms with Gasteiger partial charge in [-0.3, -0.25) is 0 Å². The summed E-state index contributed by atoms with van der Waals surface area (Å²) in [4.78, 5) is 8.54. The first-order valence-corrected chi connectivity index (χ1v) is 6.15. The van der Waals surface area contributed by atoms with Crippen LogP contribution in [-0.2, 0) is 4.57 Å². The van der Waals surface area contributed by atoms with Crippen molar-refractivity contribution in [3.8, 4) is 11.5 Å². The molecule has 0 aliphatic rings. The summed E-state index contributed by atoms with van der Waals surface area (Å²) >= 11 is 3.74. The third kappa shape index (κ3) is 3.19. The molecule has 0 saturated heterocycles. The highest BCUT2D eigenvalue weighted by molar-refractivity contribution is 14.1. The van der Waals surface area contributed by atoms with E-state index in [9.17, 15) is 4.57 Å². The Morgan fingerprint density at radius 3 is 2.69 bits per heavy atom. The smallest absolute Gasteiger partial charge is 0.422 e. The van der Waals surface area contributed by atoms with Gasteiger partial charge in [0, 0.05) is 4.57 Å². The number of hydrogen-bond acceptors (Lipinski definition) is 3. The van der Waals surface area contributed by atoms with Gasteiger partial charge in [0.05, 0.1) is 3.57 Å². The zero-order chi connectivity index (χ0) is 9.84. The van der Waals surface area contributed by atoms with E-state index >= 15 is 0 Å². The van der Waals surface area contributed by atoms with Crippen LogP contribution in [0.4, 0.5) is 0 Å². The van der Waals surface area contributed by atoms with E-state index in [0.717, 1.165) is 3.57 Å². The number of benzene rings is 1. The topological polar surface area (TPSA) is 55.8 Å². The van der Waals surface area contributed by atoms with Gasteiger partial charge in [0.25, 0.3) is 0 Å². The minimum Gasteiger partial charge on any atom is -0.422 e. The maximum absolute atomic E-state index is 10.4. The fraction of sp³-hybridized carbons (Fsp3) is 0. The third-order valence-corrected chi connectivity index (χ3v) is 2.83. The highest BCUT2D eigenvalue weighted by Gasteiger charge is 2.20. The second kappa shape index (κ2) is 5.28. The van der Waals surface area contributed by atoms with Crippen LogP contribution in [-0.4, -0.2) is 4.89 Å². The van der Waals surface area contributed by atoms with Gasteiger partial charge in [0.15, 0.2) is 28.8 Å². The van der Waals surface area contributed by atoms with Crippen molar-refractivity contribution in [2.75, 3.05) is 0 Å². The second-order valence-electron chi connectivity index (χ2n) is 1.97. The van der Waals surface area contributed by atoms with Gasteiger partial charge in [-0.05, 0) is 34.7 Å². The molecule has 4 nitrogen and oxygen atoms in total. The number of hydrogen-bond donors (Lipinski definition) is 1. The van der Waals surface area contributed by atoms with Crippen molar-refractivity contribution in [3.63, 3.8) is 0 Å². The number of halogens is 2. The highest BCUT2D eigenvalue weighted by Crippen LogP contribution is 2.37. The van der Waals surface area contributed by atoms with Gasteiger partial charge < -0.3 is 3.07 Å². The molecule has 13 heavy (non-hydrogen) atoms. The lowest BCUT2D eigenvalue weighted by Gasteiger charge is -2.01. The first kappa shape index (κ1) is 11.4. The maximum atomic E-state index is 10.4. The summed E-state index contributed by atoms with van der Waals surface area (Å²) in [6.45, 7) is 0. The Morgan fingerprint density at radius 1 is 1.46 bits per heavy atom. The van der Waals surface area contributed by atoms with Gasteiger partial charge in [-0.1, -0.05) is 6.07 Å². The summed E-state index contributed by atoms with van der Waals surface area (Å²) < 4.78 is 20.9. The van der Waals surface area contributed by atoms with Gasteiger partial charge in [0.2, 0.25) is 5.75 Å². The fourth-order valence-electron chi connectivity index (χ4n) is 0.720. The Bertz CT molecular complexity index is 330. The van der Waals surface area contributed by atoms with Crippen molar-refractivity contribution in [2.45, 2.75) is 0 Å². The molecule has 0 aliphatic carbocycles. The Labute approximate surface area is 103 Å². The highest BCUT2D eigenvalue weighted by atomic mass is 127. The Morgan fingerprint density at radius 2 is 2.15 bits per heavy atom. The van der Waals surface area contributed by atoms with Crippen LogP contribution in [0.2, 0.25) is 0 Å². The molecule has 0 fully saturated rings. The largest absolute Gasteiger partial charge is 0.747 e. The quantitative estimate of drug-likeness (QED) is 0.598. The molecular weight excluding hydrogens is 421 g/mol. The number of rotatable bonds is 3. The van der Waals surface area contributed by atoms with Crippen LogP contribution >= 0.6 is 53.9 Å². The lowest BCUT2D eigenvalue weighted by atomic mass is 10.3. The zero-order valence-electron chi connectivity index (χ0n) is 6.11. The van der Waals surface area contributed by atoms with Crippen LogP contribution in [0, 0.1) is 3.57 Å². The van der Waals surface area contributed by atoms with E-state index in [1.54, 1.807) is 35.1 Å². The lowest BCUT2D eigenvalue weighted by Crippen LogP contribution is -1.86. The van der Waals surface area contributed by atoms with E-state index in [-0.39, 0.29) is 5.75 Å². The first-order valence-electron chi connectivity index (χ1n) is 3.06. The SMILES string of the molecule is O=[P+](O)Oc1cccc(I)c1OI. The fourth-order valence-corrected chi connectivity index (χ4v) is 2.49. The van der Waals surface area contributed by atoms with Crippen molar-refractivity contribution in [2.24, 2.45) is 0 Å². The molecule has 0 spiro atoms. The van der Waals surface area contributed by atoms with Gasteiger partial charge >= 0.3 is 8.25 Å². The van der Waals surface area contributed by atoms with E-state index in [4.69, 9.17) is 7.96 Å². The van der Waals surface area contributed by atoms with E-state index in [0.29, 0.717) is 5.75 Å². The summed E-state index contributed by atoms with van der Waals surface area (Å²) in [6, 6.07) is 5.10. The summed E-state index contributed by atoms with van der Waals surface area (Å²) in [5, 5.41) is 0. The monoisotopic (exact) mass is 425 g/mol. The Hall–Kier alpha value is 0.340. The van der Waals surface area contributed by atoms with Crippen LogP contribution in [0.1, 0.15) is 0 Å². The van der Waals surface area contributed by atoms with Crippen LogP contribution in [0.5, 0.6) is 11.5 Å². The molecule has 0 heterocycles. The molecule has 1 unspecified atom stereocenters. The molecule has 0 amide bonds. The third-order valence-electron chi connectivity index (χ3n) is 1.18. The molecule has 7 heteroatoms.